The number of alkyl halides is 1. The van der Waals surface area contributed by atoms with E-state index in [1.54, 1.807) is 18.3 Å². The summed E-state index contributed by atoms with van der Waals surface area (Å²) in [5.41, 5.74) is -0.270. The lowest BCUT2D eigenvalue weighted by Crippen LogP contribution is -2.47. The molecule has 0 atom stereocenters. The Hall–Kier alpha value is -3.06. The molecule has 0 aliphatic carbocycles. The highest BCUT2D eigenvalue weighted by molar-refractivity contribution is 6.39. The number of likely N-dealkylation sites (tertiary alicyclic amines) is 1. The maximum absolute atomic E-state index is 15.8. The zero-order valence-electron chi connectivity index (χ0n) is 15.4. The molecule has 2 aromatic heterocycles. The van der Waals surface area contributed by atoms with Crippen LogP contribution in [0.3, 0.4) is 0 Å². The summed E-state index contributed by atoms with van der Waals surface area (Å²) < 4.78 is 15.8. The van der Waals surface area contributed by atoms with Crippen LogP contribution in [0, 0.1) is 0 Å². The molecule has 3 aromatic rings. The van der Waals surface area contributed by atoms with E-state index >= 15 is 4.39 Å². The molecule has 8 heteroatoms. The minimum Gasteiger partial charge on any atom is -0.334 e. The third kappa shape index (κ3) is 3.91. The van der Waals surface area contributed by atoms with Gasteiger partial charge in [-0.1, -0.05) is 29.8 Å². The van der Waals surface area contributed by atoms with Crippen molar-refractivity contribution in [1.29, 1.82) is 0 Å². The van der Waals surface area contributed by atoms with E-state index in [1.165, 1.54) is 17.2 Å². The van der Waals surface area contributed by atoms with Gasteiger partial charge in [0.25, 0.3) is 0 Å². The number of pyridine rings is 2. The maximum Gasteiger partial charge on any atom is 0.315 e. The number of anilines is 1. The number of rotatable bonds is 2. The summed E-state index contributed by atoms with van der Waals surface area (Å²) >= 11 is 5.76. The number of hydrogen-bond acceptors (Lipinski definition) is 4. The minimum atomic E-state index is -1.58. The molecule has 1 saturated heterocycles. The Kier molecular flexibility index (Phi) is 5.15. The molecule has 1 fully saturated rings. The molecule has 4 rings (SSSR count). The Morgan fingerprint density at radius 2 is 1.83 bits per heavy atom. The van der Waals surface area contributed by atoms with Gasteiger partial charge in [-0.05, 0) is 24.3 Å². The number of fused-ring (bicyclic) bond motifs is 1. The van der Waals surface area contributed by atoms with Gasteiger partial charge in [-0.25, -0.2) is 9.37 Å². The second-order valence-electron chi connectivity index (χ2n) is 6.95. The van der Waals surface area contributed by atoms with Gasteiger partial charge in [0.05, 0.1) is 10.5 Å². The molecule has 0 bridgehead atoms. The normalized spacial score (nSPS) is 15.9. The van der Waals surface area contributed by atoms with Crippen LogP contribution >= 0.6 is 11.6 Å². The van der Waals surface area contributed by atoms with Crippen molar-refractivity contribution in [2.45, 2.75) is 18.5 Å². The molecule has 148 valence electrons. The van der Waals surface area contributed by atoms with Crippen molar-refractivity contribution in [3.8, 4) is 0 Å². The number of carbonyl (C=O) groups excluding carboxylic acids is 2. The van der Waals surface area contributed by atoms with Gasteiger partial charge < -0.3 is 10.2 Å². The van der Waals surface area contributed by atoms with Crippen molar-refractivity contribution < 1.29 is 14.0 Å². The lowest BCUT2D eigenvalue weighted by atomic mass is 9.84. The van der Waals surface area contributed by atoms with Crippen molar-refractivity contribution in [2.24, 2.45) is 0 Å². The van der Waals surface area contributed by atoms with Crippen molar-refractivity contribution >= 4 is 40.1 Å². The molecule has 6 nitrogen and oxygen atoms in total. The van der Waals surface area contributed by atoms with E-state index in [0.717, 1.165) is 10.9 Å². The van der Waals surface area contributed by atoms with E-state index in [0.29, 0.717) is 10.6 Å². The predicted molar refractivity (Wildman–Crippen MR) is 108 cm³/mol. The average Bonchev–Trinajstić information content (AvgIpc) is 2.75. The van der Waals surface area contributed by atoms with Crippen LogP contribution < -0.4 is 5.32 Å². The molecule has 0 radical (unpaired) electrons. The first-order chi connectivity index (χ1) is 14.0. The van der Waals surface area contributed by atoms with Crippen LogP contribution in [0.1, 0.15) is 18.4 Å². The Morgan fingerprint density at radius 1 is 1.07 bits per heavy atom. The molecule has 1 N–H and O–H groups in total. The average molecular weight is 413 g/mol. The zero-order valence-corrected chi connectivity index (χ0v) is 16.2. The zero-order chi connectivity index (χ0) is 20.4. The van der Waals surface area contributed by atoms with Crippen LogP contribution in [0.15, 0.2) is 54.9 Å². The molecule has 2 amide bonds. The van der Waals surface area contributed by atoms with Crippen molar-refractivity contribution in [3.63, 3.8) is 0 Å². The molecule has 1 aromatic carbocycles. The summed E-state index contributed by atoms with van der Waals surface area (Å²) in [5, 5.41) is 3.63. The Labute approximate surface area is 171 Å². The van der Waals surface area contributed by atoms with Crippen LogP contribution in [0.25, 0.3) is 10.9 Å². The Balaban J connectivity index is 1.45. The monoisotopic (exact) mass is 412 g/mol. The van der Waals surface area contributed by atoms with Gasteiger partial charge in [-0.15, -0.1) is 0 Å². The van der Waals surface area contributed by atoms with Gasteiger partial charge in [-0.3, -0.25) is 14.6 Å². The van der Waals surface area contributed by atoms with Crippen molar-refractivity contribution in [3.05, 3.63) is 65.4 Å². The summed E-state index contributed by atoms with van der Waals surface area (Å²) in [6, 6.07) is 12.2. The lowest BCUT2D eigenvalue weighted by molar-refractivity contribution is -0.145. The van der Waals surface area contributed by atoms with Crippen molar-refractivity contribution in [2.75, 3.05) is 18.4 Å². The SMILES string of the molecule is O=C(Nc1ccc(Cl)cn1)C(=O)N1CCC(F)(c2ccnc3ccccc23)CC1. The number of para-hydroxylation sites is 1. The van der Waals surface area contributed by atoms with Crippen LogP contribution in [-0.2, 0) is 15.3 Å². The fraction of sp³-hybridized carbons (Fsp3) is 0.238. The van der Waals surface area contributed by atoms with Gasteiger partial charge in [0.1, 0.15) is 11.5 Å². The highest BCUT2D eigenvalue weighted by Gasteiger charge is 2.39. The highest BCUT2D eigenvalue weighted by atomic mass is 35.5. The number of halogens is 2. The van der Waals surface area contributed by atoms with E-state index in [1.807, 2.05) is 24.3 Å². The number of piperidine rings is 1. The highest BCUT2D eigenvalue weighted by Crippen LogP contribution is 2.40. The van der Waals surface area contributed by atoms with E-state index in [4.69, 9.17) is 11.6 Å². The fourth-order valence-corrected chi connectivity index (χ4v) is 3.70. The second-order valence-corrected chi connectivity index (χ2v) is 7.39. The van der Waals surface area contributed by atoms with E-state index in [-0.39, 0.29) is 31.7 Å². The van der Waals surface area contributed by atoms with Crippen LogP contribution in [0.2, 0.25) is 5.02 Å². The van der Waals surface area contributed by atoms with Gasteiger partial charge in [0.15, 0.2) is 0 Å². The summed E-state index contributed by atoms with van der Waals surface area (Å²) in [5.74, 6) is -1.28. The number of hydrogen-bond donors (Lipinski definition) is 1. The first-order valence-electron chi connectivity index (χ1n) is 9.21. The van der Waals surface area contributed by atoms with Crippen LogP contribution in [0.4, 0.5) is 10.2 Å². The third-order valence-electron chi connectivity index (χ3n) is 5.14. The number of carbonyl (C=O) groups is 2. The van der Waals surface area contributed by atoms with Gasteiger partial charge >= 0.3 is 11.8 Å². The van der Waals surface area contributed by atoms with E-state index in [9.17, 15) is 9.59 Å². The molecule has 0 saturated carbocycles. The summed E-state index contributed by atoms with van der Waals surface area (Å²) in [6.45, 7) is 0.293. The van der Waals surface area contributed by atoms with E-state index < -0.39 is 17.5 Å². The second kappa shape index (κ2) is 7.75. The Morgan fingerprint density at radius 3 is 2.55 bits per heavy atom. The lowest BCUT2D eigenvalue weighted by Gasteiger charge is -2.36. The smallest absolute Gasteiger partial charge is 0.315 e. The summed E-state index contributed by atoms with van der Waals surface area (Å²) in [4.78, 5) is 34.3. The number of nitrogens with one attached hydrogen (secondary N) is 1. The predicted octanol–water partition coefficient (Wildman–Crippen LogP) is 3.71. The maximum atomic E-state index is 15.8. The molecule has 0 unspecified atom stereocenters. The largest absolute Gasteiger partial charge is 0.334 e. The molecule has 1 aliphatic rings. The quantitative estimate of drug-likeness (QED) is 0.651. The fourth-order valence-electron chi connectivity index (χ4n) is 3.58. The first kappa shape index (κ1) is 19.3. The number of aromatic nitrogens is 2. The van der Waals surface area contributed by atoms with E-state index in [2.05, 4.69) is 15.3 Å². The number of amides is 2. The summed E-state index contributed by atoms with van der Waals surface area (Å²) in [6.07, 6.45) is 3.20. The van der Waals surface area contributed by atoms with Gasteiger partial charge in [0.2, 0.25) is 0 Å². The molecule has 29 heavy (non-hydrogen) atoms. The van der Waals surface area contributed by atoms with Crippen molar-refractivity contribution in [1.82, 2.24) is 14.9 Å². The number of nitrogens with zero attached hydrogens (tertiary/aromatic N) is 3. The molecule has 0 spiro atoms. The topological polar surface area (TPSA) is 75.2 Å². The molecular formula is C21H18ClFN4O2. The Bertz CT molecular complexity index is 1060. The first-order valence-corrected chi connectivity index (χ1v) is 9.59. The summed E-state index contributed by atoms with van der Waals surface area (Å²) in [7, 11) is 0. The third-order valence-corrected chi connectivity index (χ3v) is 5.36. The van der Waals surface area contributed by atoms with Crippen LogP contribution in [-0.4, -0.2) is 39.8 Å². The molecule has 3 heterocycles. The molecular weight excluding hydrogens is 395 g/mol. The number of benzene rings is 1. The molecule has 1 aliphatic heterocycles. The standard InChI is InChI=1S/C21H18ClFN4O2/c22-14-5-6-18(25-13-14)26-19(28)20(29)27-11-8-21(23,9-12-27)16-7-10-24-17-4-2-1-3-15(16)17/h1-7,10,13H,8-9,11-12H2,(H,25,26,28). The van der Waals surface area contributed by atoms with Gasteiger partial charge in [-0.2, -0.15) is 0 Å². The van der Waals surface area contributed by atoms with Gasteiger partial charge in [0, 0.05) is 49.3 Å². The minimum absolute atomic E-state index is 0.110. The van der Waals surface area contributed by atoms with Crippen LogP contribution in [0.5, 0.6) is 0 Å².